The molecule has 0 unspecified atom stereocenters. The van der Waals surface area contributed by atoms with E-state index in [0.29, 0.717) is 5.56 Å². The molecule has 126 valence electrons. The van der Waals surface area contributed by atoms with E-state index in [0.717, 1.165) is 17.0 Å². The maximum Gasteiger partial charge on any atom is 0.255 e. The smallest absolute Gasteiger partial charge is 0.255 e. The summed E-state index contributed by atoms with van der Waals surface area (Å²) in [7, 11) is 0. The van der Waals surface area contributed by atoms with E-state index in [4.69, 9.17) is 0 Å². The Morgan fingerprint density at radius 2 is 1.60 bits per heavy atom. The van der Waals surface area contributed by atoms with Gasteiger partial charge in [0.25, 0.3) is 5.91 Å². The van der Waals surface area contributed by atoms with Crippen LogP contribution in [0.4, 0.5) is 5.69 Å². The molecule has 0 spiro atoms. The zero-order valence-corrected chi connectivity index (χ0v) is 15.3. The Hall–Kier alpha value is -2.52. The van der Waals surface area contributed by atoms with Gasteiger partial charge >= 0.3 is 0 Å². The summed E-state index contributed by atoms with van der Waals surface area (Å²) in [6, 6.07) is 24.2. The SMILES string of the molecule is Cc1ccc(SCc2ccc(C(=O)Nc3cccc(C)c3)cc2)cc1. The van der Waals surface area contributed by atoms with Crippen LogP contribution in [0, 0.1) is 13.8 Å². The lowest BCUT2D eigenvalue weighted by molar-refractivity contribution is 0.102. The van der Waals surface area contributed by atoms with Crippen LogP contribution in [0.25, 0.3) is 0 Å². The van der Waals surface area contributed by atoms with E-state index in [9.17, 15) is 4.79 Å². The lowest BCUT2D eigenvalue weighted by Gasteiger charge is -2.07. The summed E-state index contributed by atoms with van der Waals surface area (Å²) in [5.74, 6) is 0.811. The van der Waals surface area contributed by atoms with Gasteiger partial charge in [-0.2, -0.15) is 0 Å². The highest BCUT2D eigenvalue weighted by Gasteiger charge is 2.06. The molecular formula is C22H21NOS. The van der Waals surface area contributed by atoms with Crippen molar-refractivity contribution in [2.45, 2.75) is 24.5 Å². The second-order valence-corrected chi connectivity index (χ2v) is 7.17. The molecule has 0 heterocycles. The van der Waals surface area contributed by atoms with Gasteiger partial charge in [-0.1, -0.05) is 42.0 Å². The maximum absolute atomic E-state index is 12.3. The predicted molar refractivity (Wildman–Crippen MR) is 106 cm³/mol. The monoisotopic (exact) mass is 347 g/mol. The summed E-state index contributed by atoms with van der Waals surface area (Å²) < 4.78 is 0. The third kappa shape index (κ3) is 4.97. The molecule has 0 radical (unpaired) electrons. The fourth-order valence-corrected chi connectivity index (χ4v) is 3.33. The van der Waals surface area contributed by atoms with Gasteiger partial charge in [0.15, 0.2) is 0 Å². The first-order valence-corrected chi connectivity index (χ1v) is 9.25. The Morgan fingerprint density at radius 3 is 2.28 bits per heavy atom. The number of amides is 1. The van der Waals surface area contributed by atoms with Gasteiger partial charge in [-0.25, -0.2) is 0 Å². The molecule has 3 aromatic rings. The van der Waals surface area contributed by atoms with Gasteiger partial charge in [0.2, 0.25) is 0 Å². The molecule has 3 rings (SSSR count). The summed E-state index contributed by atoms with van der Waals surface area (Å²) in [4.78, 5) is 13.6. The van der Waals surface area contributed by atoms with Gasteiger partial charge in [0.05, 0.1) is 0 Å². The number of carbonyl (C=O) groups is 1. The lowest BCUT2D eigenvalue weighted by atomic mass is 10.1. The van der Waals surface area contributed by atoms with Gasteiger partial charge < -0.3 is 5.32 Å². The number of hydrogen-bond donors (Lipinski definition) is 1. The molecule has 2 nitrogen and oxygen atoms in total. The number of anilines is 1. The standard InChI is InChI=1S/C22H21NOS/c1-16-6-12-21(13-7-16)25-15-18-8-10-19(11-9-18)22(24)23-20-5-3-4-17(2)14-20/h3-14H,15H2,1-2H3,(H,23,24). The van der Waals surface area contributed by atoms with Crippen LogP contribution in [0.15, 0.2) is 77.7 Å². The molecule has 0 atom stereocenters. The van der Waals surface area contributed by atoms with Crippen LogP contribution < -0.4 is 5.32 Å². The fraction of sp³-hybridized carbons (Fsp3) is 0.136. The van der Waals surface area contributed by atoms with E-state index in [2.05, 4.69) is 36.5 Å². The van der Waals surface area contributed by atoms with Gasteiger partial charge in [-0.15, -0.1) is 11.8 Å². The zero-order chi connectivity index (χ0) is 17.6. The first-order valence-electron chi connectivity index (χ1n) is 8.26. The van der Waals surface area contributed by atoms with Gasteiger partial charge in [0, 0.05) is 21.9 Å². The Kier molecular flexibility index (Phi) is 5.56. The summed E-state index contributed by atoms with van der Waals surface area (Å²) in [5, 5.41) is 2.94. The molecule has 0 saturated carbocycles. The number of carbonyl (C=O) groups excluding carboxylic acids is 1. The van der Waals surface area contributed by atoms with E-state index in [1.165, 1.54) is 16.0 Å². The van der Waals surface area contributed by atoms with Crippen molar-refractivity contribution < 1.29 is 4.79 Å². The van der Waals surface area contributed by atoms with Crippen LogP contribution >= 0.6 is 11.8 Å². The first kappa shape index (κ1) is 17.3. The van der Waals surface area contributed by atoms with Crippen LogP contribution in [-0.2, 0) is 5.75 Å². The largest absolute Gasteiger partial charge is 0.322 e. The van der Waals surface area contributed by atoms with Crippen molar-refractivity contribution in [1.29, 1.82) is 0 Å². The average molecular weight is 347 g/mol. The molecule has 3 aromatic carbocycles. The molecule has 0 aliphatic heterocycles. The Balaban J connectivity index is 1.59. The van der Waals surface area contributed by atoms with Crippen molar-refractivity contribution in [2.75, 3.05) is 5.32 Å². The minimum absolute atomic E-state index is 0.0802. The average Bonchev–Trinajstić information content (AvgIpc) is 2.62. The third-order valence-electron chi connectivity index (χ3n) is 3.92. The molecule has 3 heteroatoms. The quantitative estimate of drug-likeness (QED) is 0.587. The predicted octanol–water partition coefficient (Wildman–Crippen LogP) is 5.85. The van der Waals surface area contributed by atoms with E-state index in [-0.39, 0.29) is 5.91 Å². The summed E-state index contributed by atoms with van der Waals surface area (Å²) in [6.45, 7) is 4.10. The zero-order valence-electron chi connectivity index (χ0n) is 14.5. The molecule has 0 aromatic heterocycles. The number of thioether (sulfide) groups is 1. The number of hydrogen-bond acceptors (Lipinski definition) is 2. The maximum atomic E-state index is 12.3. The Bertz CT molecular complexity index is 854. The summed E-state index contributed by atoms with van der Waals surface area (Å²) in [6.07, 6.45) is 0. The minimum atomic E-state index is -0.0802. The summed E-state index contributed by atoms with van der Waals surface area (Å²) >= 11 is 1.80. The minimum Gasteiger partial charge on any atom is -0.322 e. The molecular weight excluding hydrogens is 326 g/mol. The van der Waals surface area contributed by atoms with E-state index in [1.54, 1.807) is 11.8 Å². The van der Waals surface area contributed by atoms with E-state index in [1.807, 2.05) is 55.5 Å². The van der Waals surface area contributed by atoms with E-state index < -0.39 is 0 Å². The normalized spacial score (nSPS) is 10.5. The number of rotatable bonds is 5. The fourth-order valence-electron chi connectivity index (χ4n) is 2.48. The van der Waals surface area contributed by atoms with Crippen molar-refractivity contribution in [3.63, 3.8) is 0 Å². The van der Waals surface area contributed by atoms with Gasteiger partial charge in [0.1, 0.15) is 0 Å². The molecule has 25 heavy (non-hydrogen) atoms. The highest BCUT2D eigenvalue weighted by molar-refractivity contribution is 7.98. The molecule has 0 aliphatic carbocycles. The Morgan fingerprint density at radius 1 is 0.880 bits per heavy atom. The molecule has 1 N–H and O–H groups in total. The summed E-state index contributed by atoms with van der Waals surface area (Å²) in [5.41, 5.74) is 5.10. The van der Waals surface area contributed by atoms with Gasteiger partial charge in [-0.3, -0.25) is 4.79 Å². The first-order chi connectivity index (χ1) is 12.1. The van der Waals surface area contributed by atoms with Crippen LogP contribution in [0.2, 0.25) is 0 Å². The van der Waals surface area contributed by atoms with Crippen LogP contribution in [0.5, 0.6) is 0 Å². The molecule has 0 bridgehead atoms. The highest BCUT2D eigenvalue weighted by Crippen LogP contribution is 2.23. The van der Waals surface area contributed by atoms with Crippen LogP contribution in [0.3, 0.4) is 0 Å². The van der Waals surface area contributed by atoms with Crippen LogP contribution in [0.1, 0.15) is 27.0 Å². The van der Waals surface area contributed by atoms with E-state index >= 15 is 0 Å². The molecule has 1 amide bonds. The van der Waals surface area contributed by atoms with Crippen molar-refractivity contribution in [3.8, 4) is 0 Å². The number of benzene rings is 3. The highest BCUT2D eigenvalue weighted by atomic mass is 32.2. The molecule has 0 fully saturated rings. The Labute approximate surface area is 153 Å². The number of aryl methyl sites for hydroxylation is 2. The van der Waals surface area contributed by atoms with Gasteiger partial charge in [-0.05, 0) is 61.4 Å². The third-order valence-corrected chi connectivity index (χ3v) is 5.00. The molecule has 0 aliphatic rings. The second kappa shape index (κ2) is 8.04. The van der Waals surface area contributed by atoms with Crippen molar-refractivity contribution in [1.82, 2.24) is 0 Å². The number of nitrogens with one attached hydrogen (secondary N) is 1. The van der Waals surface area contributed by atoms with Crippen molar-refractivity contribution in [3.05, 3.63) is 95.1 Å². The lowest BCUT2D eigenvalue weighted by Crippen LogP contribution is -2.11. The molecule has 0 saturated heterocycles. The second-order valence-electron chi connectivity index (χ2n) is 6.12. The van der Waals surface area contributed by atoms with Crippen molar-refractivity contribution in [2.24, 2.45) is 0 Å². The topological polar surface area (TPSA) is 29.1 Å². The van der Waals surface area contributed by atoms with Crippen LogP contribution in [-0.4, -0.2) is 5.91 Å². The van der Waals surface area contributed by atoms with Crippen molar-refractivity contribution >= 4 is 23.4 Å².